The Bertz CT molecular complexity index is 138. The van der Waals surface area contributed by atoms with E-state index >= 15 is 0 Å². The quantitative estimate of drug-likeness (QED) is 0.667. The number of rotatable bonds is 6. The molecule has 0 radical (unpaired) electrons. The largest absolute Gasteiger partial charge is 0.378 e. The van der Waals surface area contributed by atoms with Gasteiger partial charge in [-0.1, -0.05) is 13.8 Å². The molecule has 0 fully saturated rings. The summed E-state index contributed by atoms with van der Waals surface area (Å²) < 4.78 is 5.68. The molecular formula is C12H27NO. The Kier molecular flexibility index (Phi) is 6.38. The summed E-state index contributed by atoms with van der Waals surface area (Å²) in [6.45, 7) is 15.0. The highest BCUT2D eigenvalue weighted by molar-refractivity contribution is 4.69. The lowest BCUT2D eigenvalue weighted by molar-refractivity contribution is 0.0337. The minimum atomic E-state index is 0.226. The van der Waals surface area contributed by atoms with E-state index in [1.54, 1.807) is 0 Å². The standard InChI is InChI=1S/C12H27NO/c1-10(2)11(3)14-9-7-8-13-12(4,5)6/h10-11,13H,7-9H2,1-6H3. The summed E-state index contributed by atoms with van der Waals surface area (Å²) in [6.07, 6.45) is 1.47. The first-order valence-corrected chi connectivity index (χ1v) is 5.69. The van der Waals surface area contributed by atoms with Gasteiger partial charge >= 0.3 is 0 Å². The van der Waals surface area contributed by atoms with Crippen molar-refractivity contribution in [3.05, 3.63) is 0 Å². The Hall–Kier alpha value is -0.0800. The van der Waals surface area contributed by atoms with Crippen molar-refractivity contribution < 1.29 is 4.74 Å². The second kappa shape index (κ2) is 6.41. The van der Waals surface area contributed by atoms with Gasteiger partial charge in [-0.3, -0.25) is 0 Å². The zero-order valence-corrected chi connectivity index (χ0v) is 10.7. The Labute approximate surface area is 89.4 Å². The van der Waals surface area contributed by atoms with Gasteiger partial charge in [-0.2, -0.15) is 0 Å². The second-order valence-corrected chi connectivity index (χ2v) is 5.35. The Morgan fingerprint density at radius 1 is 1.14 bits per heavy atom. The van der Waals surface area contributed by atoms with Crippen LogP contribution in [0, 0.1) is 5.92 Å². The van der Waals surface area contributed by atoms with Crippen molar-refractivity contribution in [3.63, 3.8) is 0 Å². The molecule has 0 aliphatic carbocycles. The van der Waals surface area contributed by atoms with Crippen LogP contribution in [0.25, 0.3) is 0 Å². The van der Waals surface area contributed by atoms with Crippen LogP contribution in [-0.4, -0.2) is 24.8 Å². The molecule has 1 atom stereocenters. The molecule has 0 aromatic carbocycles. The maximum atomic E-state index is 5.68. The van der Waals surface area contributed by atoms with Gasteiger partial charge in [-0.15, -0.1) is 0 Å². The van der Waals surface area contributed by atoms with E-state index in [-0.39, 0.29) is 5.54 Å². The highest BCUT2D eigenvalue weighted by atomic mass is 16.5. The smallest absolute Gasteiger partial charge is 0.0569 e. The molecule has 0 aliphatic rings. The zero-order valence-electron chi connectivity index (χ0n) is 10.7. The van der Waals surface area contributed by atoms with Gasteiger partial charge in [0.15, 0.2) is 0 Å². The molecule has 0 saturated heterocycles. The van der Waals surface area contributed by atoms with Crippen LogP contribution >= 0.6 is 0 Å². The third-order valence-electron chi connectivity index (χ3n) is 2.30. The van der Waals surface area contributed by atoms with E-state index in [4.69, 9.17) is 4.74 Å². The second-order valence-electron chi connectivity index (χ2n) is 5.35. The molecule has 0 aromatic rings. The van der Waals surface area contributed by atoms with Gasteiger partial charge in [0.2, 0.25) is 0 Å². The van der Waals surface area contributed by atoms with Gasteiger partial charge in [0.1, 0.15) is 0 Å². The SMILES string of the molecule is CC(C)C(C)OCCCNC(C)(C)C. The summed E-state index contributed by atoms with van der Waals surface area (Å²) in [5, 5.41) is 3.44. The third kappa shape index (κ3) is 8.52. The lowest BCUT2D eigenvalue weighted by Gasteiger charge is -2.21. The fraction of sp³-hybridized carbons (Fsp3) is 1.00. The van der Waals surface area contributed by atoms with E-state index in [1.807, 2.05) is 0 Å². The van der Waals surface area contributed by atoms with Crippen molar-refractivity contribution in [1.29, 1.82) is 0 Å². The number of ether oxygens (including phenoxy) is 1. The minimum absolute atomic E-state index is 0.226. The van der Waals surface area contributed by atoms with Gasteiger partial charge in [0, 0.05) is 12.1 Å². The lowest BCUT2D eigenvalue weighted by atomic mass is 10.1. The van der Waals surface area contributed by atoms with Gasteiger partial charge < -0.3 is 10.1 Å². The van der Waals surface area contributed by atoms with Crippen LogP contribution in [0.4, 0.5) is 0 Å². The molecule has 1 N–H and O–H groups in total. The highest BCUT2D eigenvalue weighted by Crippen LogP contribution is 2.05. The molecule has 2 heteroatoms. The summed E-state index contributed by atoms with van der Waals surface area (Å²) in [5.74, 6) is 0.616. The van der Waals surface area contributed by atoms with Crippen LogP contribution in [-0.2, 0) is 4.74 Å². The Morgan fingerprint density at radius 2 is 1.71 bits per heavy atom. The molecule has 86 valence electrons. The summed E-state index contributed by atoms with van der Waals surface area (Å²) in [4.78, 5) is 0. The van der Waals surface area contributed by atoms with E-state index < -0.39 is 0 Å². The summed E-state index contributed by atoms with van der Waals surface area (Å²) in [6, 6.07) is 0. The number of hydrogen-bond donors (Lipinski definition) is 1. The first-order chi connectivity index (χ1) is 6.33. The van der Waals surface area contributed by atoms with E-state index in [0.717, 1.165) is 19.6 Å². The maximum Gasteiger partial charge on any atom is 0.0569 e. The monoisotopic (exact) mass is 201 g/mol. The van der Waals surface area contributed by atoms with Crippen LogP contribution in [0.5, 0.6) is 0 Å². The lowest BCUT2D eigenvalue weighted by Crippen LogP contribution is -2.36. The van der Waals surface area contributed by atoms with Crippen LogP contribution in [0.15, 0.2) is 0 Å². The third-order valence-corrected chi connectivity index (χ3v) is 2.30. The molecule has 0 spiro atoms. The molecule has 0 aliphatic heterocycles. The Balaban J connectivity index is 3.30. The topological polar surface area (TPSA) is 21.3 Å². The van der Waals surface area contributed by atoms with Crippen LogP contribution in [0.2, 0.25) is 0 Å². The number of hydrogen-bond acceptors (Lipinski definition) is 2. The molecule has 0 heterocycles. The van der Waals surface area contributed by atoms with Crippen molar-refractivity contribution in [2.75, 3.05) is 13.2 Å². The first-order valence-electron chi connectivity index (χ1n) is 5.69. The summed E-state index contributed by atoms with van der Waals surface area (Å²) in [7, 11) is 0. The van der Waals surface area contributed by atoms with Crippen molar-refractivity contribution in [2.45, 2.75) is 59.6 Å². The van der Waals surface area contributed by atoms with Crippen LogP contribution in [0.1, 0.15) is 48.0 Å². The minimum Gasteiger partial charge on any atom is -0.378 e. The van der Waals surface area contributed by atoms with Crippen LogP contribution < -0.4 is 5.32 Å². The molecule has 14 heavy (non-hydrogen) atoms. The van der Waals surface area contributed by atoms with Crippen molar-refractivity contribution in [1.82, 2.24) is 5.32 Å². The van der Waals surface area contributed by atoms with E-state index in [9.17, 15) is 0 Å². The number of nitrogens with one attached hydrogen (secondary N) is 1. The van der Waals surface area contributed by atoms with E-state index in [1.165, 1.54) is 0 Å². The van der Waals surface area contributed by atoms with Gasteiger partial charge in [-0.05, 0) is 46.6 Å². The normalized spacial score (nSPS) is 14.8. The zero-order chi connectivity index (χ0) is 11.2. The van der Waals surface area contributed by atoms with Gasteiger partial charge in [0.05, 0.1) is 6.10 Å². The Morgan fingerprint density at radius 3 is 2.14 bits per heavy atom. The van der Waals surface area contributed by atoms with E-state index in [2.05, 4.69) is 46.9 Å². The average Bonchev–Trinajstić information content (AvgIpc) is 2.01. The van der Waals surface area contributed by atoms with Crippen molar-refractivity contribution >= 4 is 0 Å². The molecule has 2 nitrogen and oxygen atoms in total. The molecule has 0 rings (SSSR count). The fourth-order valence-electron chi connectivity index (χ4n) is 0.997. The molecular weight excluding hydrogens is 174 g/mol. The highest BCUT2D eigenvalue weighted by Gasteiger charge is 2.08. The molecule has 0 saturated carbocycles. The maximum absolute atomic E-state index is 5.68. The van der Waals surface area contributed by atoms with Crippen molar-refractivity contribution in [2.24, 2.45) is 5.92 Å². The average molecular weight is 201 g/mol. The molecule has 0 aromatic heterocycles. The molecule has 0 bridgehead atoms. The predicted octanol–water partition coefficient (Wildman–Crippen LogP) is 2.83. The van der Waals surface area contributed by atoms with Crippen LogP contribution in [0.3, 0.4) is 0 Å². The summed E-state index contributed by atoms with van der Waals surface area (Å²) >= 11 is 0. The predicted molar refractivity (Wildman–Crippen MR) is 62.6 cm³/mol. The molecule has 0 amide bonds. The van der Waals surface area contributed by atoms with Gasteiger partial charge in [0.25, 0.3) is 0 Å². The fourth-order valence-corrected chi connectivity index (χ4v) is 0.997. The van der Waals surface area contributed by atoms with E-state index in [0.29, 0.717) is 12.0 Å². The molecule has 1 unspecified atom stereocenters. The summed E-state index contributed by atoms with van der Waals surface area (Å²) in [5.41, 5.74) is 0.226. The first kappa shape index (κ1) is 13.9. The van der Waals surface area contributed by atoms with Crippen molar-refractivity contribution in [3.8, 4) is 0 Å². The van der Waals surface area contributed by atoms with Gasteiger partial charge in [-0.25, -0.2) is 0 Å².